The maximum Gasteiger partial charge on any atom is 0.260 e. The lowest BCUT2D eigenvalue weighted by atomic mass is 9.65. The number of imide groups is 1. The number of rotatable bonds is 3. The van der Waals surface area contributed by atoms with Crippen molar-refractivity contribution in [1.29, 1.82) is 0 Å². The lowest BCUT2D eigenvalue weighted by Crippen LogP contribution is -2.50. The fraction of sp³-hybridized carbons (Fsp3) is 0.625. The van der Waals surface area contributed by atoms with Crippen molar-refractivity contribution in [1.82, 2.24) is 5.06 Å². The monoisotopic (exact) mass is 491 g/mol. The van der Waals surface area contributed by atoms with Crippen LogP contribution in [0.1, 0.15) is 0 Å². The van der Waals surface area contributed by atoms with E-state index >= 15 is 0 Å². The zero-order chi connectivity index (χ0) is 19.7. The fourth-order valence-corrected chi connectivity index (χ4v) is 8.59. The van der Waals surface area contributed by atoms with Gasteiger partial charge in [-0.15, -0.1) is 29.8 Å². The fourth-order valence-electron chi connectivity index (χ4n) is 5.52. The number of halogens is 6. The molecule has 8 atom stereocenters. The largest absolute Gasteiger partial charge is 0.373 e. The molecule has 2 aliphatic carbocycles. The molecule has 3 aliphatic heterocycles. The summed E-state index contributed by atoms with van der Waals surface area (Å²) in [7, 11) is 0. The van der Waals surface area contributed by atoms with Crippen LogP contribution in [0.15, 0.2) is 22.7 Å². The van der Waals surface area contributed by atoms with E-state index in [-0.39, 0.29) is 16.7 Å². The number of hydrogen-bond donors (Lipinski definition) is 0. The van der Waals surface area contributed by atoms with Crippen molar-refractivity contribution in [2.45, 2.75) is 26.3 Å². The molecule has 5 aliphatic rings. The molecule has 5 nitrogen and oxygen atoms in total. The van der Waals surface area contributed by atoms with E-state index in [1.807, 2.05) is 0 Å². The molecule has 3 heterocycles. The Morgan fingerprint density at radius 3 is 1.85 bits per heavy atom. The van der Waals surface area contributed by atoms with Gasteiger partial charge >= 0.3 is 0 Å². The van der Waals surface area contributed by atoms with Gasteiger partial charge in [0.15, 0.2) is 4.33 Å². The molecule has 3 saturated heterocycles. The Kier molecular flexibility index (Phi) is 3.92. The number of allylic oxidation sites excluding steroid dienone is 2. The second-order valence-electron chi connectivity index (χ2n) is 7.35. The van der Waals surface area contributed by atoms with Crippen molar-refractivity contribution < 1.29 is 19.2 Å². The third-order valence-corrected chi connectivity index (χ3v) is 10.8. The van der Waals surface area contributed by atoms with E-state index in [1.54, 1.807) is 0 Å². The molecule has 0 radical (unpaired) electrons. The molecule has 11 heteroatoms. The van der Waals surface area contributed by atoms with Gasteiger partial charge in [-0.2, -0.15) is 5.06 Å². The number of alkyl halides is 4. The molecular weight excluding hydrogens is 483 g/mol. The Labute approximate surface area is 184 Å². The van der Waals surface area contributed by atoms with Gasteiger partial charge in [0.05, 0.1) is 40.7 Å². The molecule has 2 amide bonds. The molecule has 146 valence electrons. The topological polar surface area (TPSA) is 55.8 Å². The van der Waals surface area contributed by atoms with E-state index in [0.717, 1.165) is 5.06 Å². The predicted octanol–water partition coefficient (Wildman–Crippen LogP) is 3.56. The van der Waals surface area contributed by atoms with Gasteiger partial charge < -0.3 is 4.74 Å². The summed E-state index contributed by atoms with van der Waals surface area (Å²) in [6.45, 7) is 3.53. The summed E-state index contributed by atoms with van der Waals surface area (Å²) in [4.78, 5) is 27.9. The number of hydrogen-bond acceptors (Lipinski definition) is 4. The Morgan fingerprint density at radius 1 is 1.00 bits per heavy atom. The Morgan fingerprint density at radius 2 is 1.44 bits per heavy atom. The summed E-state index contributed by atoms with van der Waals surface area (Å²) in [5, 5.41) is 0.878. The van der Waals surface area contributed by atoms with Gasteiger partial charge in [-0.3, -0.25) is 14.4 Å². The highest BCUT2D eigenvalue weighted by Crippen LogP contribution is 2.81. The molecule has 0 aromatic heterocycles. The highest BCUT2D eigenvalue weighted by molar-refractivity contribution is 6.65. The first-order valence-corrected chi connectivity index (χ1v) is 10.4. The van der Waals surface area contributed by atoms with Crippen molar-refractivity contribution in [3.8, 4) is 0 Å². The Bertz CT molecular complexity index is 789. The summed E-state index contributed by atoms with van der Waals surface area (Å²) in [6.07, 6.45) is -0.0192. The number of hydroxylamine groups is 2. The molecule has 27 heavy (non-hydrogen) atoms. The minimum atomic E-state index is -1.73. The van der Waals surface area contributed by atoms with E-state index < -0.39 is 61.8 Å². The van der Waals surface area contributed by atoms with Crippen molar-refractivity contribution in [3.63, 3.8) is 0 Å². The highest BCUT2D eigenvalue weighted by atomic mass is 35.5. The molecular formula is C16H11Cl6NO4. The quantitative estimate of drug-likeness (QED) is 0.343. The summed E-state index contributed by atoms with van der Waals surface area (Å²) in [6, 6.07) is 0. The SMILES string of the molecule is C=CCON1C(=O)[C@@H]2[C@@H]3O[C@@H]([C@@H]2C1=O)[C@@H]1[C@@H]3[C@@]2(Cl)C(Cl)=C(Cl)[C@@]1(Cl)C2(Cl)Cl. The summed E-state index contributed by atoms with van der Waals surface area (Å²) >= 11 is 39.7. The van der Waals surface area contributed by atoms with Crippen LogP contribution in [0.2, 0.25) is 0 Å². The van der Waals surface area contributed by atoms with Crippen LogP contribution in [-0.2, 0) is 19.2 Å². The van der Waals surface area contributed by atoms with Gasteiger partial charge in [-0.1, -0.05) is 52.5 Å². The van der Waals surface area contributed by atoms with Gasteiger partial charge in [0, 0.05) is 11.8 Å². The second kappa shape index (κ2) is 5.50. The molecule has 0 spiro atoms. The first-order chi connectivity index (χ1) is 12.6. The van der Waals surface area contributed by atoms with Crippen LogP contribution in [0, 0.1) is 23.7 Å². The lowest BCUT2D eigenvalue weighted by Gasteiger charge is -2.39. The van der Waals surface area contributed by atoms with E-state index in [9.17, 15) is 9.59 Å². The summed E-state index contributed by atoms with van der Waals surface area (Å²) in [5.74, 6) is -3.68. The van der Waals surface area contributed by atoms with Crippen LogP contribution in [0.4, 0.5) is 0 Å². The first kappa shape index (κ1) is 19.3. The van der Waals surface area contributed by atoms with E-state index in [2.05, 4.69) is 6.58 Å². The molecule has 4 fully saturated rings. The smallest absolute Gasteiger partial charge is 0.260 e. The molecule has 4 bridgehead atoms. The van der Waals surface area contributed by atoms with Crippen LogP contribution < -0.4 is 0 Å². The van der Waals surface area contributed by atoms with Crippen molar-refractivity contribution in [2.75, 3.05) is 6.61 Å². The maximum atomic E-state index is 12.8. The third-order valence-electron chi connectivity index (χ3n) is 6.46. The van der Waals surface area contributed by atoms with Crippen LogP contribution in [-0.4, -0.2) is 49.8 Å². The zero-order valence-electron chi connectivity index (χ0n) is 13.3. The van der Waals surface area contributed by atoms with Crippen molar-refractivity contribution in [2.24, 2.45) is 23.7 Å². The van der Waals surface area contributed by atoms with Gasteiger partial charge in [0.2, 0.25) is 0 Å². The van der Waals surface area contributed by atoms with Gasteiger partial charge in [0.1, 0.15) is 9.75 Å². The third kappa shape index (κ3) is 1.74. The maximum absolute atomic E-state index is 12.8. The molecule has 0 unspecified atom stereocenters. The minimum Gasteiger partial charge on any atom is -0.373 e. The van der Waals surface area contributed by atoms with Crippen LogP contribution >= 0.6 is 69.6 Å². The normalized spacial score (nSPS) is 51.4. The molecule has 1 saturated carbocycles. The van der Waals surface area contributed by atoms with E-state index in [1.165, 1.54) is 6.08 Å². The number of carbonyl (C=O) groups is 2. The molecule has 0 aromatic carbocycles. The average molecular weight is 494 g/mol. The zero-order valence-corrected chi connectivity index (χ0v) is 17.8. The average Bonchev–Trinajstić information content (AvgIpc) is 3.31. The number of fused-ring (bicyclic) bond motifs is 12. The molecule has 5 rings (SSSR count). The van der Waals surface area contributed by atoms with Crippen LogP contribution in [0.25, 0.3) is 0 Å². The number of ether oxygens (including phenoxy) is 1. The second-order valence-corrected chi connectivity index (χ2v) is 10.6. The first-order valence-electron chi connectivity index (χ1n) is 8.15. The van der Waals surface area contributed by atoms with Gasteiger partial charge in [-0.25, -0.2) is 0 Å². The number of nitrogens with zero attached hydrogens (tertiary/aromatic N) is 1. The Hall–Kier alpha value is 0.280. The van der Waals surface area contributed by atoms with Gasteiger partial charge in [-0.05, 0) is 0 Å². The standard InChI is InChI=1S/C16H11Cl6NO4/c1-2-3-26-23-12(24)4-5(13(23)25)9-7-6(8(4)27-9)14(19)10(17)11(18)15(7,20)16(14,21)22/h2,4-9H,1,3H2/t4-,5+,6-,7-,8-,9-,14+,15+/m0/s1. The van der Waals surface area contributed by atoms with E-state index in [0.29, 0.717) is 0 Å². The summed E-state index contributed by atoms with van der Waals surface area (Å²) in [5.41, 5.74) is 0. The highest BCUT2D eigenvalue weighted by Gasteiger charge is 2.90. The molecule has 0 aromatic rings. The van der Waals surface area contributed by atoms with Crippen molar-refractivity contribution >= 4 is 81.4 Å². The van der Waals surface area contributed by atoms with Gasteiger partial charge in [0.25, 0.3) is 11.8 Å². The van der Waals surface area contributed by atoms with Crippen molar-refractivity contribution in [3.05, 3.63) is 22.7 Å². The molecule has 0 N–H and O–H groups in total. The predicted molar refractivity (Wildman–Crippen MR) is 101 cm³/mol. The number of amides is 2. The van der Waals surface area contributed by atoms with Crippen LogP contribution in [0.5, 0.6) is 0 Å². The van der Waals surface area contributed by atoms with E-state index in [4.69, 9.17) is 79.2 Å². The van der Waals surface area contributed by atoms with Crippen LogP contribution in [0.3, 0.4) is 0 Å². The number of carbonyl (C=O) groups excluding carboxylic acids is 2. The Balaban J connectivity index is 1.62. The minimum absolute atomic E-state index is 0.0184. The lowest BCUT2D eigenvalue weighted by molar-refractivity contribution is -0.189. The summed E-state index contributed by atoms with van der Waals surface area (Å²) < 4.78 is 4.30.